The normalized spacial score (nSPS) is 17.0. The Balaban J connectivity index is 1.87. The minimum atomic E-state index is -0.526. The van der Waals surface area contributed by atoms with Crippen LogP contribution in [0.15, 0.2) is 24.3 Å². The van der Waals surface area contributed by atoms with Crippen LogP contribution >= 0.6 is 0 Å². The van der Waals surface area contributed by atoms with Gasteiger partial charge in [0.25, 0.3) is 0 Å². The summed E-state index contributed by atoms with van der Waals surface area (Å²) in [6.07, 6.45) is 1.64. The lowest BCUT2D eigenvalue weighted by molar-refractivity contribution is -0.00455. The monoisotopic (exact) mass is 292 g/mol. The highest BCUT2D eigenvalue weighted by Gasteiger charge is 2.27. The molecule has 0 aliphatic carbocycles. The number of nitrogens with zero attached hydrogens (tertiary/aromatic N) is 2. The molecule has 0 atom stereocenters. The van der Waals surface area contributed by atoms with Crippen LogP contribution in [0.2, 0.25) is 0 Å². The third-order valence-electron chi connectivity index (χ3n) is 4.64. The number of methoxy groups -OCH3 is 1. The maximum absolute atomic E-state index is 10.5. The molecule has 1 aliphatic rings. The molecule has 0 amide bonds. The lowest BCUT2D eigenvalue weighted by Gasteiger charge is -2.39. The van der Waals surface area contributed by atoms with Crippen molar-refractivity contribution in [3.8, 4) is 5.75 Å². The molecule has 0 aromatic heterocycles. The van der Waals surface area contributed by atoms with Crippen LogP contribution in [0.1, 0.15) is 26.7 Å². The van der Waals surface area contributed by atoms with E-state index in [4.69, 9.17) is 4.74 Å². The molecule has 1 aromatic rings. The van der Waals surface area contributed by atoms with E-state index in [9.17, 15) is 5.11 Å². The first-order chi connectivity index (χ1) is 10.1. The molecule has 0 unspecified atom stereocenters. The maximum atomic E-state index is 10.5. The van der Waals surface area contributed by atoms with E-state index in [1.54, 1.807) is 7.11 Å². The first-order valence-corrected chi connectivity index (χ1v) is 7.94. The van der Waals surface area contributed by atoms with Crippen molar-refractivity contribution in [3.63, 3.8) is 0 Å². The molecule has 1 saturated heterocycles. The molecule has 0 spiro atoms. The zero-order valence-electron chi connectivity index (χ0n) is 13.5. The van der Waals surface area contributed by atoms with E-state index in [2.05, 4.69) is 35.8 Å². The second-order valence-electron chi connectivity index (χ2n) is 5.89. The Kier molecular flexibility index (Phi) is 5.48. The molecule has 4 heteroatoms. The molecular formula is C17H28N2O2. The van der Waals surface area contributed by atoms with Crippen molar-refractivity contribution in [2.75, 3.05) is 44.7 Å². The van der Waals surface area contributed by atoms with Gasteiger partial charge in [-0.3, -0.25) is 4.90 Å². The van der Waals surface area contributed by atoms with Crippen LogP contribution in [0.4, 0.5) is 5.69 Å². The van der Waals surface area contributed by atoms with E-state index in [-0.39, 0.29) is 0 Å². The Morgan fingerprint density at radius 2 is 1.62 bits per heavy atom. The summed E-state index contributed by atoms with van der Waals surface area (Å²) in [6, 6.07) is 8.25. The van der Waals surface area contributed by atoms with Crippen LogP contribution in [0.25, 0.3) is 0 Å². The average Bonchev–Trinajstić information content (AvgIpc) is 2.55. The fourth-order valence-corrected chi connectivity index (χ4v) is 2.85. The summed E-state index contributed by atoms with van der Waals surface area (Å²) in [5.41, 5.74) is 0.721. The Morgan fingerprint density at radius 3 is 2.10 bits per heavy atom. The van der Waals surface area contributed by atoms with E-state index >= 15 is 0 Å². The van der Waals surface area contributed by atoms with Gasteiger partial charge < -0.3 is 14.7 Å². The topological polar surface area (TPSA) is 35.9 Å². The van der Waals surface area contributed by atoms with Gasteiger partial charge in [-0.15, -0.1) is 0 Å². The number of benzene rings is 1. The molecule has 0 bridgehead atoms. The Bertz CT molecular complexity index is 421. The molecule has 21 heavy (non-hydrogen) atoms. The van der Waals surface area contributed by atoms with Gasteiger partial charge >= 0.3 is 0 Å². The van der Waals surface area contributed by atoms with Gasteiger partial charge in [0, 0.05) is 38.4 Å². The molecule has 1 fully saturated rings. The number of anilines is 1. The van der Waals surface area contributed by atoms with Gasteiger partial charge in [-0.2, -0.15) is 0 Å². The number of β-amino-alcohol motifs (C(OH)–C–C–N with tert-alkyl or cyclic N) is 1. The van der Waals surface area contributed by atoms with Crippen LogP contribution in [0.5, 0.6) is 5.75 Å². The molecule has 1 heterocycles. The van der Waals surface area contributed by atoms with Gasteiger partial charge in [-0.1, -0.05) is 13.8 Å². The largest absolute Gasteiger partial charge is 0.497 e. The van der Waals surface area contributed by atoms with Crippen molar-refractivity contribution in [2.45, 2.75) is 32.3 Å². The Labute approximate surface area is 128 Å². The van der Waals surface area contributed by atoms with Gasteiger partial charge in [-0.25, -0.2) is 0 Å². The average molecular weight is 292 g/mol. The summed E-state index contributed by atoms with van der Waals surface area (Å²) in [7, 11) is 1.69. The molecule has 0 radical (unpaired) electrons. The number of ether oxygens (including phenoxy) is 1. The van der Waals surface area contributed by atoms with Crippen molar-refractivity contribution in [1.82, 2.24) is 4.90 Å². The van der Waals surface area contributed by atoms with Gasteiger partial charge in [0.1, 0.15) is 5.75 Å². The Morgan fingerprint density at radius 1 is 1.05 bits per heavy atom. The number of hydrogen-bond donors (Lipinski definition) is 1. The fraction of sp³-hybridized carbons (Fsp3) is 0.647. The predicted molar refractivity (Wildman–Crippen MR) is 87.2 cm³/mol. The molecule has 4 nitrogen and oxygen atoms in total. The number of hydrogen-bond acceptors (Lipinski definition) is 4. The third-order valence-corrected chi connectivity index (χ3v) is 4.64. The van der Waals surface area contributed by atoms with Gasteiger partial charge in [0.2, 0.25) is 0 Å². The molecule has 1 aromatic carbocycles. The van der Waals surface area contributed by atoms with E-state index in [0.717, 1.165) is 51.3 Å². The van der Waals surface area contributed by atoms with E-state index < -0.39 is 5.60 Å². The molecule has 2 rings (SSSR count). The highest BCUT2D eigenvalue weighted by atomic mass is 16.5. The van der Waals surface area contributed by atoms with Crippen molar-refractivity contribution < 1.29 is 9.84 Å². The highest BCUT2D eigenvalue weighted by Crippen LogP contribution is 2.22. The molecule has 1 aliphatic heterocycles. The summed E-state index contributed by atoms with van der Waals surface area (Å²) in [5, 5.41) is 10.5. The highest BCUT2D eigenvalue weighted by molar-refractivity contribution is 5.49. The van der Waals surface area contributed by atoms with Gasteiger partial charge in [-0.05, 0) is 37.1 Å². The fourth-order valence-electron chi connectivity index (χ4n) is 2.85. The SMILES string of the molecule is CCC(O)(CC)CN1CCN(c2ccc(OC)cc2)CC1. The molecular weight excluding hydrogens is 264 g/mol. The molecule has 0 saturated carbocycles. The Hall–Kier alpha value is -1.26. The third kappa shape index (κ3) is 4.11. The van der Waals surface area contributed by atoms with Crippen molar-refractivity contribution in [1.29, 1.82) is 0 Å². The molecule has 1 N–H and O–H groups in total. The smallest absolute Gasteiger partial charge is 0.119 e. The summed E-state index contributed by atoms with van der Waals surface area (Å²) >= 11 is 0. The van der Waals surface area contributed by atoms with Crippen LogP contribution in [-0.2, 0) is 0 Å². The van der Waals surface area contributed by atoms with Crippen LogP contribution in [-0.4, -0.2) is 55.4 Å². The van der Waals surface area contributed by atoms with E-state index in [1.807, 2.05) is 12.1 Å². The number of rotatable bonds is 6. The summed E-state index contributed by atoms with van der Waals surface area (Å²) in [4.78, 5) is 4.78. The van der Waals surface area contributed by atoms with Crippen LogP contribution in [0, 0.1) is 0 Å². The zero-order chi connectivity index (χ0) is 15.3. The van der Waals surface area contributed by atoms with Crippen molar-refractivity contribution >= 4 is 5.69 Å². The van der Waals surface area contributed by atoms with E-state index in [1.165, 1.54) is 5.69 Å². The van der Waals surface area contributed by atoms with Crippen LogP contribution in [0.3, 0.4) is 0 Å². The first-order valence-electron chi connectivity index (χ1n) is 7.94. The maximum Gasteiger partial charge on any atom is 0.119 e. The van der Waals surface area contributed by atoms with Crippen LogP contribution < -0.4 is 9.64 Å². The number of aliphatic hydroxyl groups is 1. The second kappa shape index (κ2) is 7.14. The quantitative estimate of drug-likeness (QED) is 0.873. The first kappa shape index (κ1) is 16.1. The molecule has 118 valence electrons. The lowest BCUT2D eigenvalue weighted by Crippen LogP contribution is -2.51. The van der Waals surface area contributed by atoms with Crippen molar-refractivity contribution in [2.24, 2.45) is 0 Å². The van der Waals surface area contributed by atoms with Gasteiger partial charge in [0.15, 0.2) is 0 Å². The van der Waals surface area contributed by atoms with Gasteiger partial charge in [0.05, 0.1) is 12.7 Å². The van der Waals surface area contributed by atoms with E-state index in [0.29, 0.717) is 0 Å². The number of piperazine rings is 1. The summed E-state index contributed by atoms with van der Waals surface area (Å²) in [6.45, 7) is 8.96. The zero-order valence-corrected chi connectivity index (χ0v) is 13.5. The minimum Gasteiger partial charge on any atom is -0.497 e. The lowest BCUT2D eigenvalue weighted by atomic mass is 9.96. The van der Waals surface area contributed by atoms with Crippen molar-refractivity contribution in [3.05, 3.63) is 24.3 Å². The standard InChI is InChI=1S/C17H28N2O2/c1-4-17(20,5-2)14-18-10-12-19(13-11-18)15-6-8-16(21-3)9-7-15/h6-9,20H,4-5,10-14H2,1-3H3. The summed E-state index contributed by atoms with van der Waals surface area (Å²) < 4.78 is 5.20. The second-order valence-corrected chi connectivity index (χ2v) is 5.89. The minimum absolute atomic E-state index is 0.526. The predicted octanol–water partition coefficient (Wildman–Crippen LogP) is 2.37. The summed E-state index contributed by atoms with van der Waals surface area (Å²) in [5.74, 6) is 0.897.